The summed E-state index contributed by atoms with van der Waals surface area (Å²) in [6.45, 7) is 0.248. The normalized spacial score (nSPS) is 10.7. The van der Waals surface area contributed by atoms with Crippen LogP contribution in [0, 0.1) is 5.82 Å². The number of rotatable bonds is 3. The van der Waals surface area contributed by atoms with Gasteiger partial charge in [0.25, 0.3) is 0 Å². The van der Waals surface area contributed by atoms with E-state index in [4.69, 9.17) is 0 Å². The Bertz CT molecular complexity index is 680. The molecule has 0 amide bonds. The number of pyridine rings is 1. The number of H-pyrrole nitrogens is 1. The highest BCUT2D eigenvalue weighted by Crippen LogP contribution is 2.15. The standard InChI is InChI=1S/C11H9FN6/c12-7-2-1-3-13-8(7)4-14-10-9-11(16-5-15-9)18-6-17-10/h1-3,5-6H,4H2,(H2,14,15,16,17,18). The van der Waals surface area contributed by atoms with Crippen LogP contribution < -0.4 is 5.32 Å². The molecule has 0 aliphatic rings. The maximum atomic E-state index is 13.4. The van der Waals surface area contributed by atoms with Crippen LogP contribution in [0.1, 0.15) is 5.69 Å². The molecule has 0 unspecified atom stereocenters. The molecule has 0 bridgehead atoms. The van der Waals surface area contributed by atoms with Crippen molar-refractivity contribution < 1.29 is 4.39 Å². The van der Waals surface area contributed by atoms with E-state index in [-0.39, 0.29) is 12.4 Å². The second-order valence-corrected chi connectivity index (χ2v) is 3.61. The number of hydrogen-bond acceptors (Lipinski definition) is 5. The molecule has 90 valence electrons. The molecule has 0 saturated carbocycles. The van der Waals surface area contributed by atoms with E-state index in [1.165, 1.54) is 18.7 Å². The molecule has 6 nitrogen and oxygen atoms in total. The fraction of sp³-hybridized carbons (Fsp3) is 0.0909. The summed E-state index contributed by atoms with van der Waals surface area (Å²) in [5.74, 6) is 0.225. The summed E-state index contributed by atoms with van der Waals surface area (Å²) in [6, 6.07) is 2.92. The lowest BCUT2D eigenvalue weighted by Crippen LogP contribution is -2.06. The Labute approximate surface area is 101 Å². The molecular formula is C11H9FN6. The van der Waals surface area contributed by atoms with Crippen LogP contribution in [0.2, 0.25) is 0 Å². The predicted octanol–water partition coefficient (Wildman–Crippen LogP) is 1.50. The van der Waals surface area contributed by atoms with Crippen molar-refractivity contribution in [1.29, 1.82) is 0 Å². The molecule has 7 heteroatoms. The third-order valence-electron chi connectivity index (χ3n) is 2.48. The Morgan fingerprint density at radius 1 is 1.22 bits per heavy atom. The minimum Gasteiger partial charge on any atom is -0.362 e. The number of halogens is 1. The van der Waals surface area contributed by atoms with E-state index in [1.54, 1.807) is 12.3 Å². The molecule has 2 N–H and O–H groups in total. The second-order valence-electron chi connectivity index (χ2n) is 3.61. The lowest BCUT2D eigenvalue weighted by atomic mass is 10.3. The summed E-state index contributed by atoms with van der Waals surface area (Å²) < 4.78 is 13.4. The van der Waals surface area contributed by atoms with Gasteiger partial charge in [0.05, 0.1) is 18.6 Å². The first-order valence-corrected chi connectivity index (χ1v) is 5.32. The number of hydrogen-bond donors (Lipinski definition) is 2. The van der Waals surface area contributed by atoms with Crippen molar-refractivity contribution in [2.75, 3.05) is 5.32 Å². The third-order valence-corrected chi connectivity index (χ3v) is 2.48. The molecule has 0 radical (unpaired) electrons. The summed E-state index contributed by atoms with van der Waals surface area (Å²) in [5, 5.41) is 3.01. The van der Waals surface area contributed by atoms with E-state index in [1.807, 2.05) is 0 Å². The Kier molecular flexibility index (Phi) is 2.56. The zero-order chi connectivity index (χ0) is 12.4. The van der Waals surface area contributed by atoms with Crippen molar-refractivity contribution in [3.63, 3.8) is 0 Å². The number of nitrogens with one attached hydrogen (secondary N) is 2. The predicted molar refractivity (Wildman–Crippen MR) is 63.2 cm³/mol. The van der Waals surface area contributed by atoms with Crippen LogP contribution in [0.15, 0.2) is 31.0 Å². The van der Waals surface area contributed by atoms with Gasteiger partial charge in [-0.15, -0.1) is 0 Å². The van der Waals surface area contributed by atoms with Crippen molar-refractivity contribution in [3.8, 4) is 0 Å². The first-order valence-electron chi connectivity index (χ1n) is 5.32. The molecule has 3 heterocycles. The van der Waals surface area contributed by atoms with Gasteiger partial charge in [-0.3, -0.25) is 4.98 Å². The number of anilines is 1. The van der Waals surface area contributed by atoms with E-state index >= 15 is 0 Å². The summed E-state index contributed by atoms with van der Waals surface area (Å²) in [4.78, 5) is 19.0. The lowest BCUT2D eigenvalue weighted by Gasteiger charge is -2.05. The SMILES string of the molecule is Fc1cccnc1CNc1ncnc2nc[nH]c12. The van der Waals surface area contributed by atoms with Gasteiger partial charge in [-0.25, -0.2) is 19.3 Å². The van der Waals surface area contributed by atoms with Crippen LogP contribution in [0.25, 0.3) is 11.2 Å². The highest BCUT2D eigenvalue weighted by atomic mass is 19.1. The Morgan fingerprint density at radius 2 is 2.17 bits per heavy atom. The van der Waals surface area contributed by atoms with Crippen LogP contribution >= 0.6 is 0 Å². The summed E-state index contributed by atoms with van der Waals surface area (Å²) >= 11 is 0. The summed E-state index contributed by atoms with van der Waals surface area (Å²) in [7, 11) is 0. The summed E-state index contributed by atoms with van der Waals surface area (Å²) in [6.07, 6.45) is 4.48. The maximum absolute atomic E-state index is 13.4. The molecule has 0 aliphatic carbocycles. The Morgan fingerprint density at radius 3 is 3.06 bits per heavy atom. The molecule has 3 aromatic rings. The Hall–Kier alpha value is -2.57. The molecular weight excluding hydrogens is 235 g/mol. The van der Waals surface area contributed by atoms with Gasteiger partial charge in [0.1, 0.15) is 17.7 Å². The summed E-state index contributed by atoms with van der Waals surface area (Å²) in [5.41, 5.74) is 1.59. The molecule has 0 fully saturated rings. The highest BCUT2D eigenvalue weighted by molar-refractivity contribution is 5.81. The van der Waals surface area contributed by atoms with E-state index in [2.05, 4.69) is 30.2 Å². The first-order chi connectivity index (χ1) is 8.84. The van der Waals surface area contributed by atoms with Gasteiger partial charge in [-0.2, -0.15) is 0 Å². The lowest BCUT2D eigenvalue weighted by molar-refractivity contribution is 0.602. The van der Waals surface area contributed by atoms with E-state index < -0.39 is 0 Å². The van der Waals surface area contributed by atoms with Crippen molar-refractivity contribution in [3.05, 3.63) is 42.5 Å². The van der Waals surface area contributed by atoms with Crippen molar-refractivity contribution in [2.24, 2.45) is 0 Å². The number of aromatic amines is 1. The molecule has 0 spiro atoms. The third kappa shape index (κ3) is 1.86. The van der Waals surface area contributed by atoms with Gasteiger partial charge in [-0.05, 0) is 12.1 Å². The van der Waals surface area contributed by atoms with E-state index in [9.17, 15) is 4.39 Å². The number of fused-ring (bicyclic) bond motifs is 1. The average Bonchev–Trinajstić information content (AvgIpc) is 2.86. The molecule has 3 rings (SSSR count). The highest BCUT2D eigenvalue weighted by Gasteiger charge is 2.07. The zero-order valence-corrected chi connectivity index (χ0v) is 9.26. The smallest absolute Gasteiger partial charge is 0.182 e. The zero-order valence-electron chi connectivity index (χ0n) is 9.26. The van der Waals surface area contributed by atoms with Crippen LogP contribution in [-0.4, -0.2) is 24.9 Å². The van der Waals surface area contributed by atoms with Crippen molar-refractivity contribution in [1.82, 2.24) is 24.9 Å². The van der Waals surface area contributed by atoms with Crippen LogP contribution in [0.4, 0.5) is 10.2 Å². The van der Waals surface area contributed by atoms with Gasteiger partial charge in [0.2, 0.25) is 0 Å². The van der Waals surface area contributed by atoms with E-state index in [0.29, 0.717) is 22.7 Å². The number of imidazole rings is 1. The minimum atomic E-state index is -0.347. The van der Waals surface area contributed by atoms with Crippen molar-refractivity contribution >= 4 is 17.0 Å². The van der Waals surface area contributed by atoms with Crippen molar-refractivity contribution in [2.45, 2.75) is 6.54 Å². The van der Waals surface area contributed by atoms with Gasteiger partial charge in [-0.1, -0.05) is 0 Å². The molecule has 18 heavy (non-hydrogen) atoms. The van der Waals surface area contributed by atoms with Gasteiger partial charge in [0, 0.05) is 6.20 Å². The Balaban J connectivity index is 1.85. The monoisotopic (exact) mass is 244 g/mol. The molecule has 0 atom stereocenters. The number of nitrogens with zero attached hydrogens (tertiary/aromatic N) is 4. The van der Waals surface area contributed by atoms with Gasteiger partial charge >= 0.3 is 0 Å². The fourth-order valence-corrected chi connectivity index (χ4v) is 1.61. The molecule has 0 aliphatic heterocycles. The topological polar surface area (TPSA) is 79.4 Å². The molecule has 0 saturated heterocycles. The fourth-order valence-electron chi connectivity index (χ4n) is 1.61. The largest absolute Gasteiger partial charge is 0.362 e. The molecule has 3 aromatic heterocycles. The minimum absolute atomic E-state index is 0.248. The quantitative estimate of drug-likeness (QED) is 0.729. The van der Waals surface area contributed by atoms with E-state index in [0.717, 1.165) is 0 Å². The van der Waals surface area contributed by atoms with Gasteiger partial charge in [0.15, 0.2) is 11.5 Å². The van der Waals surface area contributed by atoms with Gasteiger partial charge < -0.3 is 10.3 Å². The average molecular weight is 244 g/mol. The first kappa shape index (κ1) is 10.6. The second kappa shape index (κ2) is 4.36. The number of aromatic nitrogens is 5. The van der Waals surface area contributed by atoms with Crippen LogP contribution in [-0.2, 0) is 6.54 Å². The maximum Gasteiger partial charge on any atom is 0.182 e. The molecule has 0 aromatic carbocycles. The van der Waals surface area contributed by atoms with Crippen LogP contribution in [0.3, 0.4) is 0 Å². The van der Waals surface area contributed by atoms with Crippen LogP contribution in [0.5, 0.6) is 0 Å².